The molecule has 14 heavy (non-hydrogen) atoms. The van der Waals surface area contributed by atoms with Crippen molar-refractivity contribution in [3.63, 3.8) is 0 Å². The van der Waals surface area contributed by atoms with E-state index in [9.17, 15) is 5.11 Å². The second-order valence-corrected chi connectivity index (χ2v) is 5.28. The molecule has 0 heterocycles. The van der Waals surface area contributed by atoms with E-state index >= 15 is 0 Å². The van der Waals surface area contributed by atoms with Gasteiger partial charge in [-0.2, -0.15) is 0 Å². The van der Waals surface area contributed by atoms with Crippen molar-refractivity contribution in [1.29, 1.82) is 0 Å². The monoisotopic (exact) mass is 210 g/mol. The lowest BCUT2D eigenvalue weighted by atomic mass is 9.86. The Kier molecular flexibility index (Phi) is 4.02. The Morgan fingerprint density at radius 2 is 1.93 bits per heavy atom. The highest BCUT2D eigenvalue weighted by Crippen LogP contribution is 2.31. The van der Waals surface area contributed by atoms with Gasteiger partial charge in [-0.1, -0.05) is 39.0 Å². The van der Waals surface area contributed by atoms with Crippen LogP contribution in [0.25, 0.3) is 0 Å². The Balaban J connectivity index is 3.06. The summed E-state index contributed by atoms with van der Waals surface area (Å²) in [5.74, 6) is 1.07. The summed E-state index contributed by atoms with van der Waals surface area (Å²) in [5, 5.41) is 9.33. The normalized spacial score (nSPS) is 11.7. The van der Waals surface area contributed by atoms with Gasteiger partial charge in [0.15, 0.2) is 0 Å². The minimum atomic E-state index is -0.140. The lowest BCUT2D eigenvalue weighted by Crippen LogP contribution is -2.22. The van der Waals surface area contributed by atoms with Crippen LogP contribution in [0, 0.1) is 0 Å². The molecule has 1 aromatic rings. The first-order chi connectivity index (χ1) is 6.61. The molecule has 0 spiro atoms. The summed E-state index contributed by atoms with van der Waals surface area (Å²) in [6, 6.07) is 8.32. The van der Waals surface area contributed by atoms with Crippen LogP contribution in [0.5, 0.6) is 0 Å². The maximum Gasteiger partial charge on any atom is 0.0523 e. The van der Waals surface area contributed by atoms with Gasteiger partial charge in [-0.15, -0.1) is 11.8 Å². The highest BCUT2D eigenvalue weighted by molar-refractivity contribution is 7.99. The minimum Gasteiger partial charge on any atom is -0.395 e. The third-order valence-corrected chi connectivity index (χ3v) is 3.27. The average molecular weight is 210 g/mol. The first-order valence-corrected chi connectivity index (χ1v) is 5.93. The van der Waals surface area contributed by atoms with Crippen molar-refractivity contribution in [1.82, 2.24) is 0 Å². The van der Waals surface area contributed by atoms with Gasteiger partial charge in [0.05, 0.1) is 6.61 Å². The lowest BCUT2D eigenvalue weighted by Gasteiger charge is -2.24. The van der Waals surface area contributed by atoms with Crippen LogP contribution < -0.4 is 0 Å². The van der Waals surface area contributed by atoms with E-state index < -0.39 is 0 Å². The average Bonchev–Trinajstić information content (AvgIpc) is 2.19. The zero-order valence-electron chi connectivity index (χ0n) is 9.08. The number of rotatable bonds is 4. The van der Waals surface area contributed by atoms with E-state index in [1.165, 1.54) is 10.5 Å². The summed E-state index contributed by atoms with van der Waals surface area (Å²) in [5.41, 5.74) is 1.10. The maximum atomic E-state index is 9.33. The van der Waals surface area contributed by atoms with Crippen molar-refractivity contribution < 1.29 is 5.11 Å². The summed E-state index contributed by atoms with van der Waals surface area (Å²) >= 11 is 1.83. The molecule has 1 N–H and O–H groups in total. The van der Waals surface area contributed by atoms with Gasteiger partial charge in [0.25, 0.3) is 0 Å². The van der Waals surface area contributed by atoms with Crippen LogP contribution in [0.3, 0.4) is 0 Å². The van der Waals surface area contributed by atoms with Crippen LogP contribution in [-0.2, 0) is 5.41 Å². The van der Waals surface area contributed by atoms with Gasteiger partial charge in [-0.3, -0.25) is 0 Å². The van der Waals surface area contributed by atoms with E-state index in [-0.39, 0.29) is 12.0 Å². The fourth-order valence-corrected chi connectivity index (χ4v) is 2.38. The first-order valence-electron chi connectivity index (χ1n) is 4.95. The van der Waals surface area contributed by atoms with Gasteiger partial charge in [0.1, 0.15) is 0 Å². The Bertz CT molecular complexity index is 294. The molecule has 1 nitrogen and oxygen atoms in total. The van der Waals surface area contributed by atoms with E-state index in [1.54, 1.807) is 0 Å². The SMILES string of the molecule is CCSc1ccccc1C(C)(C)CO. The predicted octanol–water partition coefficient (Wildman–Crippen LogP) is 3.07. The molecule has 0 fully saturated rings. The largest absolute Gasteiger partial charge is 0.395 e. The predicted molar refractivity (Wildman–Crippen MR) is 63.0 cm³/mol. The highest BCUT2D eigenvalue weighted by atomic mass is 32.2. The topological polar surface area (TPSA) is 20.2 Å². The molecule has 1 aromatic carbocycles. The van der Waals surface area contributed by atoms with Crippen LogP contribution >= 0.6 is 11.8 Å². The van der Waals surface area contributed by atoms with E-state index in [4.69, 9.17) is 0 Å². The number of hydrogen-bond donors (Lipinski definition) is 1. The highest BCUT2D eigenvalue weighted by Gasteiger charge is 2.21. The molecule has 0 saturated heterocycles. The van der Waals surface area contributed by atoms with Crippen molar-refractivity contribution in [2.24, 2.45) is 0 Å². The Morgan fingerprint density at radius 3 is 2.50 bits per heavy atom. The third kappa shape index (κ3) is 2.52. The second kappa shape index (κ2) is 4.85. The van der Waals surface area contributed by atoms with E-state index in [0.717, 1.165) is 5.75 Å². The summed E-state index contributed by atoms with van der Waals surface area (Å²) in [4.78, 5) is 1.29. The van der Waals surface area contributed by atoms with Crippen LogP contribution in [0.1, 0.15) is 26.3 Å². The molecule has 0 radical (unpaired) electrons. The van der Waals surface area contributed by atoms with Crippen LogP contribution in [0.4, 0.5) is 0 Å². The molecule has 0 saturated carbocycles. The zero-order chi connectivity index (χ0) is 10.6. The van der Waals surface area contributed by atoms with Gasteiger partial charge >= 0.3 is 0 Å². The van der Waals surface area contributed by atoms with Crippen LogP contribution in [0.2, 0.25) is 0 Å². The Labute approximate surface area is 90.5 Å². The molecular formula is C12H18OS. The quantitative estimate of drug-likeness (QED) is 0.771. The molecular weight excluding hydrogens is 192 g/mol. The molecule has 2 heteroatoms. The first kappa shape index (κ1) is 11.6. The van der Waals surface area contributed by atoms with Crippen LogP contribution in [-0.4, -0.2) is 17.5 Å². The smallest absolute Gasteiger partial charge is 0.0523 e. The summed E-state index contributed by atoms with van der Waals surface area (Å²) in [6.07, 6.45) is 0. The summed E-state index contributed by atoms with van der Waals surface area (Å²) < 4.78 is 0. The molecule has 0 aromatic heterocycles. The van der Waals surface area contributed by atoms with Crippen molar-refractivity contribution in [2.45, 2.75) is 31.1 Å². The molecule has 0 atom stereocenters. The fraction of sp³-hybridized carbons (Fsp3) is 0.500. The zero-order valence-corrected chi connectivity index (χ0v) is 9.90. The summed E-state index contributed by atoms with van der Waals surface area (Å²) in [6.45, 7) is 6.48. The molecule has 0 bridgehead atoms. The molecule has 78 valence electrons. The van der Waals surface area contributed by atoms with Crippen molar-refractivity contribution in [3.8, 4) is 0 Å². The second-order valence-electron chi connectivity index (χ2n) is 3.97. The van der Waals surface area contributed by atoms with Crippen molar-refractivity contribution in [2.75, 3.05) is 12.4 Å². The number of thioether (sulfide) groups is 1. The fourth-order valence-electron chi connectivity index (χ4n) is 1.39. The van der Waals surface area contributed by atoms with Gasteiger partial charge in [0, 0.05) is 10.3 Å². The maximum absolute atomic E-state index is 9.33. The van der Waals surface area contributed by atoms with Crippen molar-refractivity contribution in [3.05, 3.63) is 29.8 Å². The van der Waals surface area contributed by atoms with E-state index in [1.807, 2.05) is 17.8 Å². The molecule has 0 aliphatic heterocycles. The standard InChI is InChI=1S/C12H18OS/c1-4-14-11-8-6-5-7-10(11)12(2,3)9-13/h5-8,13H,4,9H2,1-3H3. The molecule has 0 aliphatic carbocycles. The third-order valence-electron chi connectivity index (χ3n) is 2.31. The number of hydrogen-bond acceptors (Lipinski definition) is 2. The van der Waals surface area contributed by atoms with E-state index in [0.29, 0.717) is 0 Å². The van der Waals surface area contributed by atoms with Gasteiger partial charge in [-0.05, 0) is 17.4 Å². The lowest BCUT2D eigenvalue weighted by molar-refractivity contribution is 0.216. The number of benzene rings is 1. The van der Waals surface area contributed by atoms with Gasteiger partial charge in [-0.25, -0.2) is 0 Å². The Morgan fingerprint density at radius 1 is 1.29 bits per heavy atom. The van der Waals surface area contributed by atoms with E-state index in [2.05, 4.69) is 39.0 Å². The van der Waals surface area contributed by atoms with Crippen molar-refractivity contribution >= 4 is 11.8 Å². The van der Waals surface area contributed by atoms with Crippen LogP contribution in [0.15, 0.2) is 29.2 Å². The minimum absolute atomic E-state index is 0.140. The molecule has 0 amide bonds. The summed E-state index contributed by atoms with van der Waals surface area (Å²) in [7, 11) is 0. The van der Waals surface area contributed by atoms with Gasteiger partial charge in [0.2, 0.25) is 0 Å². The molecule has 1 rings (SSSR count). The number of aliphatic hydroxyl groups excluding tert-OH is 1. The Hall–Kier alpha value is -0.470. The van der Waals surface area contributed by atoms with Gasteiger partial charge < -0.3 is 5.11 Å². The molecule has 0 aliphatic rings. The molecule has 0 unspecified atom stereocenters. The number of aliphatic hydroxyl groups is 1.